The summed E-state index contributed by atoms with van der Waals surface area (Å²) in [6, 6.07) is 10.2. The number of anilines is 1. The SMILES string of the molecule is COc1cccc(C(=O)Nc2ccc3c(Cl)ncnc3n2)c1. The van der Waals surface area contributed by atoms with Crippen molar-refractivity contribution in [1.29, 1.82) is 0 Å². The number of pyridine rings is 1. The van der Waals surface area contributed by atoms with Gasteiger partial charge in [0.05, 0.1) is 12.5 Å². The summed E-state index contributed by atoms with van der Waals surface area (Å²) in [6.45, 7) is 0. The summed E-state index contributed by atoms with van der Waals surface area (Å²) in [7, 11) is 1.55. The zero-order valence-electron chi connectivity index (χ0n) is 11.6. The fourth-order valence-corrected chi connectivity index (χ4v) is 2.13. The highest BCUT2D eigenvalue weighted by Crippen LogP contribution is 2.20. The number of carbonyl (C=O) groups is 1. The van der Waals surface area contributed by atoms with E-state index in [1.54, 1.807) is 43.5 Å². The largest absolute Gasteiger partial charge is 0.497 e. The molecule has 110 valence electrons. The van der Waals surface area contributed by atoms with E-state index < -0.39 is 0 Å². The number of fused-ring (bicyclic) bond motifs is 1. The lowest BCUT2D eigenvalue weighted by atomic mass is 10.2. The van der Waals surface area contributed by atoms with E-state index in [-0.39, 0.29) is 5.91 Å². The van der Waals surface area contributed by atoms with Gasteiger partial charge >= 0.3 is 0 Å². The Morgan fingerprint density at radius 3 is 2.91 bits per heavy atom. The summed E-state index contributed by atoms with van der Waals surface area (Å²) in [5, 5.41) is 3.66. The van der Waals surface area contributed by atoms with Gasteiger partial charge in [-0.15, -0.1) is 0 Å². The van der Waals surface area contributed by atoms with Crippen LogP contribution in [0.15, 0.2) is 42.7 Å². The minimum atomic E-state index is -0.286. The van der Waals surface area contributed by atoms with E-state index in [9.17, 15) is 4.79 Å². The molecular weight excluding hydrogens is 304 g/mol. The highest BCUT2D eigenvalue weighted by molar-refractivity contribution is 6.33. The monoisotopic (exact) mass is 314 g/mol. The molecule has 2 aromatic heterocycles. The van der Waals surface area contributed by atoms with Crippen molar-refractivity contribution in [3.63, 3.8) is 0 Å². The number of ether oxygens (including phenoxy) is 1. The maximum absolute atomic E-state index is 12.2. The molecule has 0 radical (unpaired) electrons. The predicted molar refractivity (Wildman–Crippen MR) is 83.3 cm³/mol. The maximum Gasteiger partial charge on any atom is 0.256 e. The third-order valence-corrected chi connectivity index (χ3v) is 3.32. The van der Waals surface area contributed by atoms with Gasteiger partial charge in [-0.1, -0.05) is 17.7 Å². The summed E-state index contributed by atoms with van der Waals surface area (Å²) < 4.78 is 5.10. The molecule has 3 aromatic rings. The molecule has 2 heterocycles. The number of carbonyl (C=O) groups excluding carboxylic acids is 1. The van der Waals surface area contributed by atoms with E-state index in [1.807, 2.05) is 0 Å². The lowest BCUT2D eigenvalue weighted by Crippen LogP contribution is -2.13. The van der Waals surface area contributed by atoms with Crippen molar-refractivity contribution >= 4 is 34.4 Å². The van der Waals surface area contributed by atoms with Gasteiger partial charge in [-0.3, -0.25) is 4.79 Å². The molecule has 1 N–H and O–H groups in total. The molecule has 0 aliphatic heterocycles. The second kappa shape index (κ2) is 5.95. The van der Waals surface area contributed by atoms with Crippen molar-refractivity contribution < 1.29 is 9.53 Å². The van der Waals surface area contributed by atoms with Crippen LogP contribution in [0.5, 0.6) is 5.75 Å². The molecular formula is C15H11ClN4O2. The first kappa shape index (κ1) is 14.2. The van der Waals surface area contributed by atoms with E-state index in [0.29, 0.717) is 33.3 Å². The number of benzene rings is 1. The molecule has 7 heteroatoms. The third-order valence-electron chi connectivity index (χ3n) is 3.02. The number of hydrogen-bond donors (Lipinski definition) is 1. The number of nitrogens with zero attached hydrogens (tertiary/aromatic N) is 3. The molecule has 1 aromatic carbocycles. The van der Waals surface area contributed by atoms with Crippen molar-refractivity contribution in [1.82, 2.24) is 15.0 Å². The zero-order valence-corrected chi connectivity index (χ0v) is 12.3. The highest BCUT2D eigenvalue weighted by Gasteiger charge is 2.09. The van der Waals surface area contributed by atoms with Crippen molar-refractivity contribution in [2.24, 2.45) is 0 Å². The Kier molecular flexibility index (Phi) is 3.84. The molecule has 0 saturated heterocycles. The zero-order chi connectivity index (χ0) is 15.5. The number of rotatable bonds is 3. The number of halogens is 1. The van der Waals surface area contributed by atoms with E-state index >= 15 is 0 Å². The standard InChI is InChI=1S/C15H11ClN4O2/c1-22-10-4-2-3-9(7-10)15(21)20-12-6-5-11-13(16)17-8-18-14(11)19-12/h2-8H,1H3,(H,17,18,19,20,21). The predicted octanol–water partition coefficient (Wildman–Crippen LogP) is 2.94. The Hall–Kier alpha value is -2.73. The van der Waals surface area contributed by atoms with Gasteiger partial charge in [0, 0.05) is 5.56 Å². The number of nitrogens with one attached hydrogen (secondary N) is 1. The normalized spacial score (nSPS) is 10.5. The third kappa shape index (κ3) is 2.82. The number of methoxy groups -OCH3 is 1. The van der Waals surface area contributed by atoms with Crippen LogP contribution >= 0.6 is 11.6 Å². The first-order valence-corrected chi connectivity index (χ1v) is 6.78. The van der Waals surface area contributed by atoms with Gasteiger partial charge in [-0.05, 0) is 30.3 Å². The molecule has 6 nitrogen and oxygen atoms in total. The van der Waals surface area contributed by atoms with Gasteiger partial charge in [0.25, 0.3) is 5.91 Å². The summed E-state index contributed by atoms with van der Waals surface area (Å²) >= 11 is 5.95. The number of aromatic nitrogens is 3. The van der Waals surface area contributed by atoms with Gasteiger partial charge in [0.1, 0.15) is 23.0 Å². The molecule has 3 rings (SSSR count). The van der Waals surface area contributed by atoms with Crippen molar-refractivity contribution in [3.05, 3.63) is 53.4 Å². The van der Waals surface area contributed by atoms with Crippen molar-refractivity contribution in [3.8, 4) is 5.75 Å². The van der Waals surface area contributed by atoms with Crippen molar-refractivity contribution in [2.45, 2.75) is 0 Å². The Morgan fingerprint density at radius 2 is 2.09 bits per heavy atom. The molecule has 0 bridgehead atoms. The highest BCUT2D eigenvalue weighted by atomic mass is 35.5. The summed E-state index contributed by atoms with van der Waals surface area (Å²) in [5.41, 5.74) is 0.894. The first-order chi connectivity index (χ1) is 10.7. The fourth-order valence-electron chi connectivity index (χ4n) is 1.93. The molecule has 22 heavy (non-hydrogen) atoms. The average Bonchev–Trinajstić information content (AvgIpc) is 2.55. The minimum absolute atomic E-state index is 0.286. The first-order valence-electron chi connectivity index (χ1n) is 6.40. The van der Waals surface area contributed by atoms with Crippen molar-refractivity contribution in [2.75, 3.05) is 12.4 Å². The van der Waals surface area contributed by atoms with Gasteiger partial charge in [-0.2, -0.15) is 0 Å². The van der Waals surface area contributed by atoms with Crippen LogP contribution < -0.4 is 10.1 Å². The van der Waals surface area contributed by atoms with Gasteiger partial charge in [0.15, 0.2) is 5.65 Å². The minimum Gasteiger partial charge on any atom is -0.497 e. The fraction of sp³-hybridized carbons (Fsp3) is 0.0667. The van der Waals surface area contributed by atoms with Crippen LogP contribution in [0.1, 0.15) is 10.4 Å². The van der Waals surface area contributed by atoms with Gasteiger partial charge in [-0.25, -0.2) is 15.0 Å². The second-order valence-corrected chi connectivity index (χ2v) is 4.78. The van der Waals surface area contributed by atoms with Crippen LogP contribution in [0, 0.1) is 0 Å². The van der Waals surface area contributed by atoms with Crippen LogP contribution in [-0.4, -0.2) is 28.0 Å². The quantitative estimate of drug-likeness (QED) is 0.752. The molecule has 0 atom stereocenters. The lowest BCUT2D eigenvalue weighted by Gasteiger charge is -2.07. The van der Waals surface area contributed by atoms with Crippen LogP contribution in [0.4, 0.5) is 5.82 Å². The lowest BCUT2D eigenvalue weighted by molar-refractivity contribution is 0.102. The molecule has 0 aliphatic carbocycles. The second-order valence-electron chi connectivity index (χ2n) is 4.42. The molecule has 0 fully saturated rings. The summed E-state index contributed by atoms with van der Waals surface area (Å²) in [4.78, 5) is 24.4. The molecule has 0 unspecified atom stereocenters. The molecule has 0 aliphatic rings. The maximum atomic E-state index is 12.2. The smallest absolute Gasteiger partial charge is 0.256 e. The molecule has 1 amide bonds. The summed E-state index contributed by atoms with van der Waals surface area (Å²) in [6.07, 6.45) is 1.32. The average molecular weight is 315 g/mol. The Labute approximate surface area is 131 Å². The molecule has 0 saturated carbocycles. The van der Waals surface area contributed by atoms with Crippen LogP contribution in [-0.2, 0) is 0 Å². The van der Waals surface area contributed by atoms with Gasteiger partial charge in [0.2, 0.25) is 0 Å². The topological polar surface area (TPSA) is 77.0 Å². The van der Waals surface area contributed by atoms with Gasteiger partial charge < -0.3 is 10.1 Å². The number of hydrogen-bond acceptors (Lipinski definition) is 5. The van der Waals surface area contributed by atoms with E-state index in [2.05, 4.69) is 20.3 Å². The van der Waals surface area contributed by atoms with E-state index in [0.717, 1.165) is 0 Å². The Balaban J connectivity index is 1.87. The van der Waals surface area contributed by atoms with Crippen LogP contribution in [0.2, 0.25) is 5.15 Å². The Morgan fingerprint density at radius 1 is 1.23 bits per heavy atom. The van der Waals surface area contributed by atoms with E-state index in [1.165, 1.54) is 6.33 Å². The van der Waals surface area contributed by atoms with Crippen LogP contribution in [0.25, 0.3) is 11.0 Å². The number of amides is 1. The molecule has 0 spiro atoms. The summed E-state index contributed by atoms with van der Waals surface area (Å²) in [5.74, 6) is 0.708. The van der Waals surface area contributed by atoms with E-state index in [4.69, 9.17) is 16.3 Å². The Bertz CT molecular complexity index is 854. The van der Waals surface area contributed by atoms with Crippen LogP contribution in [0.3, 0.4) is 0 Å².